The Balaban J connectivity index is 1.94. The molecule has 0 saturated carbocycles. The van der Waals surface area contributed by atoms with Gasteiger partial charge < -0.3 is 5.32 Å². The summed E-state index contributed by atoms with van der Waals surface area (Å²) in [7, 11) is 1.97. The predicted molar refractivity (Wildman–Crippen MR) is 54.9 cm³/mol. The molecule has 1 aromatic rings. The molecule has 4 nitrogen and oxygen atoms in total. The molecule has 1 aromatic heterocycles. The summed E-state index contributed by atoms with van der Waals surface area (Å²) in [4.78, 5) is 4.27. The Morgan fingerprint density at radius 3 is 3.14 bits per heavy atom. The zero-order chi connectivity index (χ0) is 9.97. The summed E-state index contributed by atoms with van der Waals surface area (Å²) in [6, 6.07) is 0.655. The Morgan fingerprint density at radius 1 is 1.64 bits per heavy atom. The van der Waals surface area contributed by atoms with Crippen molar-refractivity contribution in [2.24, 2.45) is 13.0 Å². The first-order valence-electron chi connectivity index (χ1n) is 5.32. The summed E-state index contributed by atoms with van der Waals surface area (Å²) in [6.07, 6.45) is 5.23. The van der Waals surface area contributed by atoms with Gasteiger partial charge in [-0.05, 0) is 32.2 Å². The average Bonchev–Trinajstić information content (AvgIpc) is 2.52. The van der Waals surface area contributed by atoms with Crippen LogP contribution in [0.25, 0.3) is 0 Å². The van der Waals surface area contributed by atoms with Gasteiger partial charge in [-0.25, -0.2) is 4.98 Å². The number of nitrogens with zero attached hydrogens (tertiary/aromatic N) is 3. The molecule has 0 aromatic carbocycles. The van der Waals surface area contributed by atoms with Crippen molar-refractivity contribution in [1.82, 2.24) is 20.1 Å². The van der Waals surface area contributed by atoms with Crippen LogP contribution in [-0.2, 0) is 13.5 Å². The molecule has 4 heteroatoms. The Hall–Kier alpha value is -0.900. The summed E-state index contributed by atoms with van der Waals surface area (Å²) in [5.74, 6) is 1.89. The minimum Gasteiger partial charge on any atom is -0.314 e. The highest BCUT2D eigenvalue weighted by Gasteiger charge is 2.19. The number of hydrogen-bond donors (Lipinski definition) is 1. The van der Waals surface area contributed by atoms with Crippen molar-refractivity contribution in [2.75, 3.05) is 6.54 Å². The molecule has 2 rings (SSSR count). The molecule has 0 bridgehead atoms. The first-order valence-corrected chi connectivity index (χ1v) is 5.32. The second kappa shape index (κ2) is 4.09. The zero-order valence-corrected chi connectivity index (χ0v) is 8.90. The van der Waals surface area contributed by atoms with Gasteiger partial charge in [0, 0.05) is 19.5 Å². The molecule has 0 radical (unpaired) electrons. The van der Waals surface area contributed by atoms with E-state index in [2.05, 4.69) is 22.3 Å². The largest absolute Gasteiger partial charge is 0.314 e. The second-order valence-electron chi connectivity index (χ2n) is 4.25. The molecule has 1 N–H and O–H groups in total. The molecule has 0 spiro atoms. The van der Waals surface area contributed by atoms with Crippen molar-refractivity contribution < 1.29 is 0 Å². The van der Waals surface area contributed by atoms with E-state index in [4.69, 9.17) is 0 Å². The third-order valence-electron chi connectivity index (χ3n) is 3.01. The maximum atomic E-state index is 4.27. The van der Waals surface area contributed by atoms with Gasteiger partial charge >= 0.3 is 0 Å². The first kappa shape index (κ1) is 9.65. The van der Waals surface area contributed by atoms with Crippen molar-refractivity contribution in [2.45, 2.75) is 32.2 Å². The van der Waals surface area contributed by atoms with E-state index in [1.165, 1.54) is 12.8 Å². The van der Waals surface area contributed by atoms with E-state index < -0.39 is 0 Å². The third-order valence-corrected chi connectivity index (χ3v) is 3.01. The first-order chi connectivity index (χ1) is 6.75. The van der Waals surface area contributed by atoms with Crippen LogP contribution in [0.1, 0.15) is 25.6 Å². The van der Waals surface area contributed by atoms with Crippen molar-refractivity contribution in [1.29, 1.82) is 0 Å². The lowest BCUT2D eigenvalue weighted by molar-refractivity contribution is 0.308. The molecular weight excluding hydrogens is 176 g/mol. The van der Waals surface area contributed by atoms with E-state index in [1.54, 1.807) is 6.33 Å². The Labute approximate surface area is 84.7 Å². The minimum absolute atomic E-state index is 0.655. The molecule has 1 aliphatic heterocycles. The lowest BCUT2D eigenvalue weighted by Gasteiger charge is -2.27. The van der Waals surface area contributed by atoms with Gasteiger partial charge in [0.25, 0.3) is 0 Å². The molecule has 1 aliphatic rings. The van der Waals surface area contributed by atoms with Crippen LogP contribution >= 0.6 is 0 Å². The molecule has 78 valence electrons. The van der Waals surface area contributed by atoms with Crippen LogP contribution in [0.5, 0.6) is 0 Å². The van der Waals surface area contributed by atoms with Gasteiger partial charge in [-0.15, -0.1) is 0 Å². The molecule has 0 amide bonds. The molecule has 2 heterocycles. The normalized spacial score (nSPS) is 27.9. The quantitative estimate of drug-likeness (QED) is 0.755. The van der Waals surface area contributed by atoms with Crippen LogP contribution in [0.15, 0.2) is 6.33 Å². The van der Waals surface area contributed by atoms with E-state index in [9.17, 15) is 0 Å². The maximum Gasteiger partial charge on any atom is 0.138 e. The van der Waals surface area contributed by atoms with Gasteiger partial charge in [0.1, 0.15) is 12.2 Å². The predicted octanol–water partition coefficient (Wildman–Crippen LogP) is 0.746. The number of piperidine rings is 1. The van der Waals surface area contributed by atoms with Crippen LogP contribution in [0, 0.1) is 5.92 Å². The fourth-order valence-electron chi connectivity index (χ4n) is 2.18. The summed E-state index contributed by atoms with van der Waals surface area (Å²) in [5.41, 5.74) is 0. The maximum absolute atomic E-state index is 4.27. The van der Waals surface area contributed by atoms with Crippen LogP contribution in [0.2, 0.25) is 0 Å². The highest BCUT2D eigenvalue weighted by Crippen LogP contribution is 2.19. The highest BCUT2D eigenvalue weighted by atomic mass is 15.3. The van der Waals surface area contributed by atoms with Gasteiger partial charge in [-0.3, -0.25) is 4.68 Å². The molecular formula is C10H18N4. The van der Waals surface area contributed by atoms with Crippen molar-refractivity contribution >= 4 is 0 Å². The van der Waals surface area contributed by atoms with Crippen molar-refractivity contribution in [3.63, 3.8) is 0 Å². The van der Waals surface area contributed by atoms with E-state index in [0.29, 0.717) is 6.04 Å². The van der Waals surface area contributed by atoms with Crippen LogP contribution in [-0.4, -0.2) is 27.4 Å². The van der Waals surface area contributed by atoms with Crippen LogP contribution in [0.4, 0.5) is 0 Å². The molecule has 2 atom stereocenters. The molecule has 2 unspecified atom stereocenters. The van der Waals surface area contributed by atoms with E-state index in [-0.39, 0.29) is 0 Å². The zero-order valence-electron chi connectivity index (χ0n) is 8.90. The number of rotatable bonds is 2. The molecule has 1 saturated heterocycles. The van der Waals surface area contributed by atoms with Gasteiger partial charge in [-0.2, -0.15) is 5.10 Å². The summed E-state index contributed by atoms with van der Waals surface area (Å²) in [5, 5.41) is 7.55. The van der Waals surface area contributed by atoms with Crippen LogP contribution in [0.3, 0.4) is 0 Å². The number of nitrogens with one attached hydrogen (secondary N) is 1. The van der Waals surface area contributed by atoms with E-state index in [0.717, 1.165) is 24.7 Å². The van der Waals surface area contributed by atoms with Crippen LogP contribution < -0.4 is 5.32 Å². The number of aromatic nitrogens is 3. The highest BCUT2D eigenvalue weighted by molar-refractivity contribution is 4.89. The summed E-state index contributed by atoms with van der Waals surface area (Å²) >= 11 is 0. The fraction of sp³-hybridized carbons (Fsp3) is 0.800. The number of hydrogen-bond acceptors (Lipinski definition) is 3. The smallest absolute Gasteiger partial charge is 0.138 e. The van der Waals surface area contributed by atoms with Gasteiger partial charge in [0.05, 0.1) is 0 Å². The van der Waals surface area contributed by atoms with E-state index in [1.807, 2.05) is 11.7 Å². The number of aryl methyl sites for hydroxylation is 1. The van der Waals surface area contributed by atoms with Crippen molar-refractivity contribution in [3.05, 3.63) is 12.2 Å². The molecule has 1 fully saturated rings. The van der Waals surface area contributed by atoms with Gasteiger partial charge in [-0.1, -0.05) is 0 Å². The van der Waals surface area contributed by atoms with Crippen molar-refractivity contribution in [3.8, 4) is 0 Å². The van der Waals surface area contributed by atoms with Gasteiger partial charge in [0.15, 0.2) is 0 Å². The lowest BCUT2D eigenvalue weighted by Crippen LogP contribution is -2.36. The molecule has 14 heavy (non-hydrogen) atoms. The monoisotopic (exact) mass is 194 g/mol. The fourth-order valence-corrected chi connectivity index (χ4v) is 2.18. The summed E-state index contributed by atoms with van der Waals surface area (Å²) in [6.45, 7) is 3.40. The standard InChI is InChI=1S/C10H18N4/c1-8-5-9(3-4-11-8)6-10-12-7-13-14(10)2/h7-9,11H,3-6H2,1-2H3. The SMILES string of the molecule is CC1CC(Cc2ncnn2C)CCN1. The Morgan fingerprint density at radius 2 is 2.50 bits per heavy atom. The lowest BCUT2D eigenvalue weighted by atomic mass is 9.90. The summed E-state index contributed by atoms with van der Waals surface area (Å²) < 4.78 is 1.88. The minimum atomic E-state index is 0.655. The molecule has 0 aliphatic carbocycles. The van der Waals surface area contributed by atoms with Gasteiger partial charge in [0.2, 0.25) is 0 Å². The Bertz CT molecular complexity index is 294. The Kier molecular flexibility index (Phi) is 2.82. The second-order valence-corrected chi connectivity index (χ2v) is 4.25. The topological polar surface area (TPSA) is 42.7 Å². The average molecular weight is 194 g/mol. The van der Waals surface area contributed by atoms with E-state index >= 15 is 0 Å². The third kappa shape index (κ3) is 2.12.